The van der Waals surface area contributed by atoms with Gasteiger partial charge < -0.3 is 19.7 Å². The molecule has 2 amide bonds. The average molecular weight is 380 g/mol. The zero-order chi connectivity index (χ0) is 18.9. The molecular weight excluding hydrogens is 356 g/mol. The van der Waals surface area contributed by atoms with Gasteiger partial charge >= 0.3 is 5.97 Å². The second-order valence-corrected chi connectivity index (χ2v) is 6.92. The third-order valence-electron chi connectivity index (χ3n) is 3.83. The Balaban J connectivity index is 1.88. The maximum Gasteiger partial charge on any atom is 0.329 e. The van der Waals surface area contributed by atoms with E-state index in [1.165, 1.54) is 4.90 Å². The summed E-state index contributed by atoms with van der Waals surface area (Å²) in [5.41, 5.74) is 0. The van der Waals surface area contributed by atoms with Crippen LogP contribution in [0.15, 0.2) is 30.3 Å². The smallest absolute Gasteiger partial charge is 0.329 e. The molecule has 1 N–H and O–H groups in total. The van der Waals surface area contributed by atoms with Crippen LogP contribution in [0.5, 0.6) is 5.75 Å². The minimum Gasteiger partial charge on any atom is -0.484 e. The van der Waals surface area contributed by atoms with Gasteiger partial charge in [-0.25, -0.2) is 4.79 Å². The first kappa shape index (κ1) is 20.1. The van der Waals surface area contributed by atoms with Crippen molar-refractivity contribution in [1.82, 2.24) is 10.2 Å². The van der Waals surface area contributed by atoms with Gasteiger partial charge in [0.1, 0.15) is 17.8 Å². The highest BCUT2D eigenvalue weighted by atomic mass is 32.2. The Labute approximate surface area is 157 Å². The number of hydrogen-bond acceptors (Lipinski definition) is 6. The van der Waals surface area contributed by atoms with Crippen LogP contribution in [0.4, 0.5) is 0 Å². The Morgan fingerprint density at radius 2 is 2.04 bits per heavy atom. The number of esters is 1. The second kappa shape index (κ2) is 10.1. The van der Waals surface area contributed by atoms with Gasteiger partial charge in [-0.1, -0.05) is 18.2 Å². The molecule has 1 aliphatic heterocycles. The van der Waals surface area contributed by atoms with Gasteiger partial charge in [0.05, 0.1) is 6.61 Å². The number of rotatable bonds is 7. The summed E-state index contributed by atoms with van der Waals surface area (Å²) in [5.74, 6) is 0.739. The molecule has 26 heavy (non-hydrogen) atoms. The van der Waals surface area contributed by atoms with E-state index < -0.39 is 24.0 Å². The molecule has 0 aliphatic carbocycles. The molecule has 0 bridgehead atoms. The lowest BCUT2D eigenvalue weighted by atomic mass is 10.2. The quantitative estimate of drug-likeness (QED) is 0.713. The summed E-state index contributed by atoms with van der Waals surface area (Å²) in [7, 11) is 0. The van der Waals surface area contributed by atoms with Gasteiger partial charge in [-0.15, -0.1) is 0 Å². The van der Waals surface area contributed by atoms with Crippen molar-refractivity contribution >= 4 is 29.5 Å². The van der Waals surface area contributed by atoms with Gasteiger partial charge in [-0.2, -0.15) is 11.8 Å². The van der Waals surface area contributed by atoms with Gasteiger partial charge in [0.2, 0.25) is 5.91 Å². The molecule has 142 valence electrons. The predicted octanol–water partition coefficient (Wildman–Crippen LogP) is 1.08. The van der Waals surface area contributed by atoms with E-state index in [0.717, 1.165) is 5.75 Å². The maximum absolute atomic E-state index is 12.7. The highest BCUT2D eigenvalue weighted by molar-refractivity contribution is 7.99. The number of nitrogens with zero attached hydrogens (tertiary/aromatic N) is 1. The Hall–Kier alpha value is -2.22. The standard InChI is InChI=1S/C18H24N2O5S/c1-3-24-18(23)15-12-26-10-9-20(15)17(22)13(2)19-16(21)11-25-14-7-5-4-6-8-14/h4-8,13,15H,3,9-12H2,1-2H3,(H,19,21). The van der Waals surface area contributed by atoms with E-state index in [9.17, 15) is 14.4 Å². The summed E-state index contributed by atoms with van der Waals surface area (Å²) >= 11 is 1.61. The molecule has 1 fully saturated rings. The number of ether oxygens (including phenoxy) is 2. The van der Waals surface area contributed by atoms with Gasteiger partial charge in [0.15, 0.2) is 6.61 Å². The number of carbonyl (C=O) groups is 3. The number of amides is 2. The van der Waals surface area contributed by atoms with E-state index in [0.29, 0.717) is 18.0 Å². The van der Waals surface area contributed by atoms with Crippen LogP contribution < -0.4 is 10.1 Å². The number of hydrogen-bond donors (Lipinski definition) is 1. The van der Waals surface area contributed by atoms with Crippen LogP contribution in [-0.4, -0.2) is 66.0 Å². The van der Waals surface area contributed by atoms with Crippen molar-refractivity contribution in [1.29, 1.82) is 0 Å². The van der Waals surface area contributed by atoms with Crippen LogP contribution >= 0.6 is 11.8 Å². The molecule has 1 aromatic carbocycles. The SMILES string of the molecule is CCOC(=O)C1CSCCN1C(=O)C(C)NC(=O)COc1ccccc1. The van der Waals surface area contributed by atoms with E-state index in [4.69, 9.17) is 9.47 Å². The van der Waals surface area contributed by atoms with Crippen molar-refractivity contribution in [3.05, 3.63) is 30.3 Å². The van der Waals surface area contributed by atoms with Gasteiger partial charge in [-0.05, 0) is 26.0 Å². The van der Waals surface area contributed by atoms with Gasteiger partial charge in [0.25, 0.3) is 5.91 Å². The lowest BCUT2D eigenvalue weighted by molar-refractivity contribution is -0.154. The molecule has 2 unspecified atom stereocenters. The van der Waals surface area contributed by atoms with Crippen LogP contribution in [-0.2, 0) is 19.1 Å². The molecule has 1 aliphatic rings. The summed E-state index contributed by atoms with van der Waals surface area (Å²) in [5, 5.41) is 2.62. The third-order valence-corrected chi connectivity index (χ3v) is 4.85. The van der Waals surface area contributed by atoms with E-state index in [2.05, 4.69) is 5.32 Å². The molecule has 0 radical (unpaired) electrons. The van der Waals surface area contributed by atoms with Crippen LogP contribution in [0.2, 0.25) is 0 Å². The molecule has 0 saturated carbocycles. The minimum absolute atomic E-state index is 0.182. The molecule has 8 heteroatoms. The van der Waals surface area contributed by atoms with E-state index in [-0.39, 0.29) is 19.1 Å². The summed E-state index contributed by atoms with van der Waals surface area (Å²) in [6, 6.07) is 7.61. The van der Waals surface area contributed by atoms with E-state index >= 15 is 0 Å². The lowest BCUT2D eigenvalue weighted by Crippen LogP contribution is -2.56. The van der Waals surface area contributed by atoms with Crippen LogP contribution in [0.25, 0.3) is 0 Å². The fourth-order valence-electron chi connectivity index (χ4n) is 2.56. The highest BCUT2D eigenvalue weighted by Crippen LogP contribution is 2.18. The average Bonchev–Trinajstić information content (AvgIpc) is 2.66. The predicted molar refractivity (Wildman–Crippen MR) is 99.0 cm³/mol. The Morgan fingerprint density at radius 1 is 1.31 bits per heavy atom. The molecule has 2 atom stereocenters. The summed E-state index contributed by atoms with van der Waals surface area (Å²) in [6.45, 7) is 3.87. The van der Waals surface area contributed by atoms with Crippen molar-refractivity contribution < 1.29 is 23.9 Å². The molecule has 1 heterocycles. The molecule has 0 spiro atoms. The van der Waals surface area contributed by atoms with Crippen LogP contribution in [0.3, 0.4) is 0 Å². The molecule has 1 aromatic rings. The summed E-state index contributed by atoms with van der Waals surface area (Å²) in [6.07, 6.45) is 0. The van der Waals surface area contributed by atoms with Crippen molar-refractivity contribution in [2.24, 2.45) is 0 Å². The number of carbonyl (C=O) groups excluding carboxylic acids is 3. The fourth-order valence-corrected chi connectivity index (χ4v) is 3.59. The van der Waals surface area contributed by atoms with Crippen LogP contribution in [0, 0.1) is 0 Å². The summed E-state index contributed by atoms with van der Waals surface area (Å²) < 4.78 is 10.4. The first-order chi connectivity index (χ1) is 12.5. The minimum atomic E-state index is -0.748. The monoisotopic (exact) mass is 380 g/mol. The van der Waals surface area contributed by atoms with E-state index in [1.54, 1.807) is 37.7 Å². The van der Waals surface area contributed by atoms with Crippen molar-refractivity contribution in [2.75, 3.05) is 31.3 Å². The highest BCUT2D eigenvalue weighted by Gasteiger charge is 2.35. The van der Waals surface area contributed by atoms with Gasteiger partial charge in [0, 0.05) is 18.1 Å². The van der Waals surface area contributed by atoms with Crippen molar-refractivity contribution in [2.45, 2.75) is 25.9 Å². The zero-order valence-corrected chi connectivity index (χ0v) is 15.8. The Morgan fingerprint density at radius 3 is 2.73 bits per heavy atom. The topological polar surface area (TPSA) is 84.9 Å². The molecule has 1 saturated heterocycles. The number of thioether (sulfide) groups is 1. The first-order valence-corrected chi connectivity index (χ1v) is 9.70. The van der Waals surface area contributed by atoms with E-state index in [1.807, 2.05) is 18.2 Å². The normalized spacial score (nSPS) is 17.9. The lowest BCUT2D eigenvalue weighted by Gasteiger charge is -2.35. The Kier molecular flexibility index (Phi) is 7.77. The fraction of sp³-hybridized carbons (Fsp3) is 0.500. The number of nitrogens with one attached hydrogen (secondary N) is 1. The Bertz CT molecular complexity index is 625. The largest absolute Gasteiger partial charge is 0.484 e. The zero-order valence-electron chi connectivity index (χ0n) is 15.0. The van der Waals surface area contributed by atoms with Crippen molar-refractivity contribution in [3.63, 3.8) is 0 Å². The molecule has 2 rings (SSSR count). The molecule has 0 aromatic heterocycles. The van der Waals surface area contributed by atoms with Crippen LogP contribution in [0.1, 0.15) is 13.8 Å². The molecular formula is C18H24N2O5S. The van der Waals surface area contributed by atoms with Crippen molar-refractivity contribution in [3.8, 4) is 5.75 Å². The maximum atomic E-state index is 12.7. The second-order valence-electron chi connectivity index (χ2n) is 5.77. The number of benzene rings is 1. The third kappa shape index (κ3) is 5.66. The molecule has 7 nitrogen and oxygen atoms in total. The van der Waals surface area contributed by atoms with Gasteiger partial charge in [-0.3, -0.25) is 9.59 Å². The first-order valence-electron chi connectivity index (χ1n) is 8.55. The number of para-hydroxylation sites is 1. The summed E-state index contributed by atoms with van der Waals surface area (Å²) in [4.78, 5) is 38.3.